The summed E-state index contributed by atoms with van der Waals surface area (Å²) in [5.74, 6) is -4.84. The number of carbonyl (C=O) groups excluding carboxylic acids is 5. The number of primary amides is 2. The van der Waals surface area contributed by atoms with Gasteiger partial charge >= 0.3 is 43.8 Å². The Kier molecular flexibility index (Phi) is 13.5. The Labute approximate surface area is 206 Å². The number of aromatic hydroxyl groups is 2. The van der Waals surface area contributed by atoms with E-state index in [1.165, 1.54) is 50.2 Å². The Morgan fingerprint density at radius 2 is 0.903 bits per heavy atom. The van der Waals surface area contributed by atoms with Crippen LogP contribution in [-0.4, -0.2) is 77.5 Å². The Morgan fingerprint density at radius 1 is 0.677 bits per heavy atom. The van der Waals surface area contributed by atoms with Gasteiger partial charge in [0.2, 0.25) is 0 Å². The molecule has 2 amide bonds. The molecular weight excluding hydrogens is 440 g/mol. The van der Waals surface area contributed by atoms with E-state index < -0.39 is 29.5 Å². The van der Waals surface area contributed by atoms with E-state index >= 15 is 0 Å². The fourth-order valence-electron chi connectivity index (χ4n) is 1.98. The molecule has 11 nitrogen and oxygen atoms in total. The average Bonchev–Trinajstić information content (AvgIpc) is 2.61. The van der Waals surface area contributed by atoms with Gasteiger partial charge in [-0.05, 0) is 38.1 Å². The van der Waals surface area contributed by atoms with Crippen molar-refractivity contribution in [2.75, 3.05) is 0 Å². The normalized spacial score (nSPS) is 8.84. The van der Waals surface area contributed by atoms with Crippen LogP contribution in [0.25, 0.3) is 0 Å². The molecule has 0 spiro atoms. The Morgan fingerprint density at radius 3 is 1.10 bits per heavy atom. The van der Waals surface area contributed by atoms with Crippen molar-refractivity contribution in [1.82, 2.24) is 0 Å². The quantitative estimate of drug-likeness (QED) is 0.310. The molecule has 0 aliphatic heterocycles. The minimum Gasteiger partial charge on any atom is -0.545 e. The molecule has 0 aromatic heterocycles. The van der Waals surface area contributed by atoms with Crippen LogP contribution in [0.4, 0.5) is 4.79 Å². The molecule has 2 aromatic rings. The smallest absolute Gasteiger partial charge is 0.545 e. The number of phenols is 2. The van der Waals surface area contributed by atoms with Crippen LogP contribution in [0.15, 0.2) is 36.4 Å². The summed E-state index contributed by atoms with van der Waals surface area (Å²) in [5, 5.41) is 39.4. The molecule has 0 aliphatic carbocycles. The first kappa shape index (κ1) is 30.0. The predicted molar refractivity (Wildman–Crippen MR) is 104 cm³/mol. The van der Waals surface area contributed by atoms with Gasteiger partial charge in [-0.1, -0.05) is 12.1 Å². The molecule has 0 saturated heterocycles. The SMILES string of the molecule is CC(=O)c1cccc(C(=O)[O-])c1O.CC(=O)c1cccc(C(=O)[O-])c1O.NC(N)=O.[Ca+2]. The summed E-state index contributed by atoms with van der Waals surface area (Å²) < 4.78 is 0. The number of hydrogen-bond donors (Lipinski definition) is 4. The number of para-hydroxylation sites is 2. The zero-order valence-corrected chi connectivity index (χ0v) is 18.8. The van der Waals surface area contributed by atoms with E-state index in [9.17, 15) is 39.6 Å². The van der Waals surface area contributed by atoms with Gasteiger partial charge in [0.15, 0.2) is 11.6 Å². The summed E-state index contributed by atoms with van der Waals surface area (Å²) in [7, 11) is 0. The molecule has 12 heteroatoms. The van der Waals surface area contributed by atoms with Crippen LogP contribution < -0.4 is 21.7 Å². The largest absolute Gasteiger partial charge is 2.00 e. The number of hydrogen-bond acceptors (Lipinski definition) is 9. The van der Waals surface area contributed by atoms with Gasteiger partial charge in [-0.3, -0.25) is 9.59 Å². The van der Waals surface area contributed by atoms with Crippen molar-refractivity contribution >= 4 is 67.3 Å². The van der Waals surface area contributed by atoms with Gasteiger partial charge in [-0.2, -0.15) is 0 Å². The average molecular weight is 458 g/mol. The van der Waals surface area contributed by atoms with Gasteiger partial charge in [0.05, 0.1) is 23.1 Å². The molecule has 2 aromatic carbocycles. The third-order valence-corrected chi connectivity index (χ3v) is 3.27. The standard InChI is InChI=1S/2C9H8O4.CH4N2O.Ca/c2*1-5(10)6-3-2-4-7(8(6)11)9(12)13;2-1(3)4;/h2*2-4,11H,1H3,(H,12,13);(H4,2,3,4);/q;;;+2/p-2. The number of benzene rings is 2. The zero-order valence-electron chi connectivity index (χ0n) is 16.6. The fourth-order valence-corrected chi connectivity index (χ4v) is 1.98. The molecule has 160 valence electrons. The van der Waals surface area contributed by atoms with Gasteiger partial charge in [-0.15, -0.1) is 0 Å². The van der Waals surface area contributed by atoms with E-state index in [1.807, 2.05) is 0 Å². The molecule has 6 N–H and O–H groups in total. The molecule has 0 atom stereocenters. The maximum Gasteiger partial charge on any atom is 2.00 e. The summed E-state index contributed by atoms with van der Waals surface area (Å²) in [4.78, 5) is 51.6. The number of carbonyl (C=O) groups is 5. The second-order valence-corrected chi connectivity index (χ2v) is 5.49. The fraction of sp³-hybridized carbons (Fsp3) is 0.105. The van der Waals surface area contributed by atoms with Gasteiger partial charge in [0.25, 0.3) is 0 Å². The van der Waals surface area contributed by atoms with E-state index in [-0.39, 0.29) is 71.6 Å². The Bertz CT molecular complexity index is 848. The second kappa shape index (κ2) is 14.0. The van der Waals surface area contributed by atoms with Crippen LogP contribution in [0, 0.1) is 0 Å². The summed E-state index contributed by atoms with van der Waals surface area (Å²) in [5.41, 5.74) is 7.74. The van der Waals surface area contributed by atoms with E-state index in [0.29, 0.717) is 0 Å². The van der Waals surface area contributed by atoms with Gasteiger partial charge in [0, 0.05) is 11.1 Å². The first-order valence-corrected chi connectivity index (χ1v) is 7.94. The third kappa shape index (κ3) is 9.94. The summed E-state index contributed by atoms with van der Waals surface area (Å²) in [6.07, 6.45) is 0. The Hall–Kier alpha value is -3.15. The van der Waals surface area contributed by atoms with Crippen LogP contribution in [0.5, 0.6) is 11.5 Å². The van der Waals surface area contributed by atoms with Crippen molar-refractivity contribution in [3.63, 3.8) is 0 Å². The number of amides is 2. The zero-order chi connectivity index (χ0) is 23.6. The summed E-state index contributed by atoms with van der Waals surface area (Å²) in [6.45, 7) is 2.49. The number of carboxylic acid groups (broad SMARTS) is 2. The van der Waals surface area contributed by atoms with Crippen molar-refractivity contribution in [3.05, 3.63) is 58.7 Å². The molecule has 0 bridgehead atoms. The van der Waals surface area contributed by atoms with E-state index in [1.54, 1.807) is 0 Å². The molecule has 0 unspecified atom stereocenters. The second-order valence-electron chi connectivity index (χ2n) is 5.49. The molecule has 0 radical (unpaired) electrons. The van der Waals surface area contributed by atoms with E-state index in [4.69, 9.17) is 4.79 Å². The van der Waals surface area contributed by atoms with Crippen LogP contribution in [0.1, 0.15) is 55.3 Å². The van der Waals surface area contributed by atoms with Crippen LogP contribution >= 0.6 is 0 Å². The summed E-state index contributed by atoms with van der Waals surface area (Å²) in [6, 6.07) is 6.98. The van der Waals surface area contributed by atoms with Gasteiger partial charge < -0.3 is 41.5 Å². The van der Waals surface area contributed by atoms with Crippen molar-refractivity contribution < 1.29 is 44.4 Å². The van der Waals surface area contributed by atoms with Crippen molar-refractivity contribution in [2.45, 2.75) is 13.8 Å². The topological polar surface area (TPSA) is 224 Å². The number of carboxylic acids is 2. The predicted octanol–water partition coefficient (Wildman–Crippen LogP) is -1.44. The Balaban J connectivity index is 0. The van der Waals surface area contributed by atoms with Crippen molar-refractivity contribution in [3.8, 4) is 11.5 Å². The van der Waals surface area contributed by atoms with Crippen molar-refractivity contribution in [2.24, 2.45) is 11.5 Å². The van der Waals surface area contributed by atoms with Gasteiger partial charge in [0.1, 0.15) is 11.5 Å². The van der Waals surface area contributed by atoms with E-state index in [0.717, 1.165) is 0 Å². The van der Waals surface area contributed by atoms with Crippen LogP contribution in [-0.2, 0) is 0 Å². The van der Waals surface area contributed by atoms with Crippen LogP contribution in [0.3, 0.4) is 0 Å². The monoisotopic (exact) mass is 458 g/mol. The number of rotatable bonds is 4. The molecule has 0 aliphatic rings. The third-order valence-electron chi connectivity index (χ3n) is 3.27. The van der Waals surface area contributed by atoms with Crippen LogP contribution in [0.2, 0.25) is 0 Å². The number of aromatic carboxylic acids is 2. The molecule has 0 heterocycles. The van der Waals surface area contributed by atoms with Gasteiger partial charge in [-0.25, -0.2) is 4.79 Å². The number of ketones is 2. The number of urea groups is 1. The van der Waals surface area contributed by atoms with Crippen molar-refractivity contribution in [1.29, 1.82) is 0 Å². The molecular formula is C19H18CaN2O9. The number of Topliss-reactive ketones (excluding diaryl/α,β-unsaturated/α-hetero) is 2. The molecule has 0 fully saturated rings. The minimum atomic E-state index is -1.50. The summed E-state index contributed by atoms with van der Waals surface area (Å²) >= 11 is 0. The first-order chi connectivity index (χ1) is 13.8. The molecule has 0 saturated carbocycles. The van der Waals surface area contributed by atoms with E-state index in [2.05, 4.69) is 11.5 Å². The first-order valence-electron chi connectivity index (χ1n) is 7.94. The maximum absolute atomic E-state index is 10.9. The molecule has 2 rings (SSSR count). The maximum atomic E-state index is 10.9. The molecule has 31 heavy (non-hydrogen) atoms. The minimum absolute atomic E-state index is 0. The number of nitrogens with two attached hydrogens (primary N) is 2.